The Hall–Kier alpha value is -0.970. The molecule has 0 aromatic heterocycles. The van der Waals surface area contributed by atoms with E-state index in [0.29, 0.717) is 29.1 Å². The number of carbonyl (C=O) groups excluding carboxylic acids is 1. The van der Waals surface area contributed by atoms with Gasteiger partial charge in [-0.2, -0.15) is 0 Å². The fourth-order valence-corrected chi connectivity index (χ4v) is 3.32. The van der Waals surface area contributed by atoms with Crippen LogP contribution in [-0.4, -0.2) is 34.7 Å². The molecule has 114 valence electrons. The summed E-state index contributed by atoms with van der Waals surface area (Å²) in [7, 11) is 0. The summed E-state index contributed by atoms with van der Waals surface area (Å²) in [6.45, 7) is 2.70. The Kier molecular flexibility index (Phi) is 3.80. The number of likely N-dealkylation sites (tertiary alicyclic amines) is 1. The first-order chi connectivity index (χ1) is 9.90. The SMILES string of the molecule is CC(NC(=O)N1CC(O)(C2CC2)C1)c1cccc(Cl)c1Cl. The smallest absolute Gasteiger partial charge is 0.318 e. The maximum atomic E-state index is 12.2. The number of nitrogens with zero attached hydrogens (tertiary/aromatic N) is 1. The fourth-order valence-electron chi connectivity index (χ4n) is 2.85. The highest BCUT2D eigenvalue weighted by Gasteiger charge is 2.53. The second kappa shape index (κ2) is 5.34. The predicted octanol–water partition coefficient (Wildman–Crippen LogP) is 3.22. The first kappa shape index (κ1) is 14.9. The van der Waals surface area contributed by atoms with Gasteiger partial charge in [0, 0.05) is 0 Å². The Labute approximate surface area is 134 Å². The fraction of sp³-hybridized carbons (Fsp3) is 0.533. The number of β-amino-alcohol motifs (C(OH)–C–C–N with tert-alkyl or cyclic N) is 1. The van der Waals surface area contributed by atoms with E-state index in [1.54, 1.807) is 11.0 Å². The summed E-state index contributed by atoms with van der Waals surface area (Å²) < 4.78 is 0. The summed E-state index contributed by atoms with van der Waals surface area (Å²) in [5.74, 6) is 0.376. The maximum absolute atomic E-state index is 12.2. The lowest BCUT2D eigenvalue weighted by molar-refractivity contribution is -0.0920. The van der Waals surface area contributed by atoms with Gasteiger partial charge in [-0.3, -0.25) is 0 Å². The molecule has 2 N–H and O–H groups in total. The zero-order valence-corrected chi connectivity index (χ0v) is 13.3. The Morgan fingerprint density at radius 1 is 1.43 bits per heavy atom. The minimum Gasteiger partial charge on any atom is -0.386 e. The minimum atomic E-state index is -0.658. The summed E-state index contributed by atoms with van der Waals surface area (Å²) in [5, 5.41) is 14.1. The highest BCUT2D eigenvalue weighted by Crippen LogP contribution is 2.44. The molecule has 4 nitrogen and oxygen atoms in total. The van der Waals surface area contributed by atoms with Crippen LogP contribution in [0.4, 0.5) is 4.79 Å². The van der Waals surface area contributed by atoms with Gasteiger partial charge >= 0.3 is 6.03 Å². The average molecular weight is 329 g/mol. The lowest BCUT2D eigenvalue weighted by atomic mass is 9.89. The van der Waals surface area contributed by atoms with Gasteiger partial charge in [0.05, 0.1) is 29.2 Å². The van der Waals surface area contributed by atoms with Crippen LogP contribution in [0.25, 0.3) is 0 Å². The zero-order valence-electron chi connectivity index (χ0n) is 11.8. The molecule has 1 unspecified atom stereocenters. The molecule has 3 rings (SSSR count). The first-order valence-corrected chi connectivity index (χ1v) is 7.88. The molecule has 2 fully saturated rings. The molecular formula is C15H18Cl2N2O2. The predicted molar refractivity (Wildman–Crippen MR) is 82.7 cm³/mol. The number of aliphatic hydroxyl groups is 1. The van der Waals surface area contributed by atoms with Crippen LogP contribution in [0.1, 0.15) is 31.4 Å². The highest BCUT2D eigenvalue weighted by molar-refractivity contribution is 6.42. The van der Waals surface area contributed by atoms with E-state index in [9.17, 15) is 9.90 Å². The number of nitrogens with one attached hydrogen (secondary N) is 1. The van der Waals surface area contributed by atoms with Gasteiger partial charge in [0.1, 0.15) is 5.60 Å². The van der Waals surface area contributed by atoms with Gasteiger partial charge in [0.2, 0.25) is 0 Å². The molecule has 0 radical (unpaired) electrons. The van der Waals surface area contributed by atoms with Crippen LogP contribution in [0, 0.1) is 5.92 Å². The molecule has 1 aliphatic heterocycles. The van der Waals surface area contributed by atoms with E-state index < -0.39 is 5.60 Å². The topological polar surface area (TPSA) is 52.6 Å². The van der Waals surface area contributed by atoms with Crippen molar-refractivity contribution in [3.05, 3.63) is 33.8 Å². The van der Waals surface area contributed by atoms with Crippen molar-refractivity contribution < 1.29 is 9.90 Å². The van der Waals surface area contributed by atoms with Gasteiger partial charge in [-0.1, -0.05) is 35.3 Å². The van der Waals surface area contributed by atoms with E-state index in [1.165, 1.54) is 0 Å². The largest absolute Gasteiger partial charge is 0.386 e. The zero-order chi connectivity index (χ0) is 15.2. The molecule has 2 amide bonds. The van der Waals surface area contributed by atoms with Crippen LogP contribution < -0.4 is 5.32 Å². The molecule has 1 aliphatic carbocycles. The van der Waals surface area contributed by atoms with Crippen LogP contribution in [0.3, 0.4) is 0 Å². The van der Waals surface area contributed by atoms with Crippen molar-refractivity contribution in [2.45, 2.75) is 31.4 Å². The van der Waals surface area contributed by atoms with Crippen molar-refractivity contribution in [3.63, 3.8) is 0 Å². The molecule has 0 spiro atoms. The van der Waals surface area contributed by atoms with Gasteiger partial charge in [-0.15, -0.1) is 0 Å². The number of carbonyl (C=O) groups is 1. The van der Waals surface area contributed by atoms with E-state index >= 15 is 0 Å². The highest BCUT2D eigenvalue weighted by atomic mass is 35.5. The summed E-state index contributed by atoms with van der Waals surface area (Å²) in [6, 6.07) is 4.95. The van der Waals surface area contributed by atoms with E-state index in [-0.39, 0.29) is 12.1 Å². The number of rotatable bonds is 3. The molecule has 1 heterocycles. The standard InChI is InChI=1S/C15H18Cl2N2O2/c1-9(11-3-2-4-12(16)13(11)17)18-14(20)19-7-15(21,8-19)10-5-6-10/h2-4,9-10,21H,5-8H2,1H3,(H,18,20). The van der Waals surface area contributed by atoms with Crippen molar-refractivity contribution in [3.8, 4) is 0 Å². The number of hydrogen-bond acceptors (Lipinski definition) is 2. The van der Waals surface area contributed by atoms with Crippen molar-refractivity contribution in [1.29, 1.82) is 0 Å². The second-order valence-corrected chi connectivity index (χ2v) is 6.83. The lowest BCUT2D eigenvalue weighted by Gasteiger charge is -2.47. The van der Waals surface area contributed by atoms with Crippen LogP contribution in [0.2, 0.25) is 10.0 Å². The van der Waals surface area contributed by atoms with Gasteiger partial charge in [-0.25, -0.2) is 4.79 Å². The maximum Gasteiger partial charge on any atom is 0.318 e. The Morgan fingerprint density at radius 2 is 2.10 bits per heavy atom. The molecule has 1 saturated carbocycles. The third kappa shape index (κ3) is 2.85. The molecule has 6 heteroatoms. The van der Waals surface area contributed by atoms with Crippen molar-refractivity contribution in [1.82, 2.24) is 10.2 Å². The molecule has 21 heavy (non-hydrogen) atoms. The molecule has 1 atom stereocenters. The molecule has 0 bridgehead atoms. The Balaban J connectivity index is 1.59. The van der Waals surface area contributed by atoms with Crippen LogP contribution in [0.5, 0.6) is 0 Å². The summed E-state index contributed by atoms with van der Waals surface area (Å²) in [4.78, 5) is 13.8. The van der Waals surface area contributed by atoms with Gasteiger partial charge in [-0.05, 0) is 37.3 Å². The van der Waals surface area contributed by atoms with Crippen molar-refractivity contribution >= 4 is 29.2 Å². The van der Waals surface area contributed by atoms with E-state index in [0.717, 1.165) is 18.4 Å². The molecule has 1 aromatic carbocycles. The molecular weight excluding hydrogens is 311 g/mol. The average Bonchev–Trinajstić information content (AvgIpc) is 3.22. The third-order valence-corrected chi connectivity index (χ3v) is 5.18. The summed E-state index contributed by atoms with van der Waals surface area (Å²) in [6.07, 6.45) is 2.14. The molecule has 1 saturated heterocycles. The van der Waals surface area contributed by atoms with Gasteiger partial charge in [0.25, 0.3) is 0 Å². The Morgan fingerprint density at radius 3 is 2.71 bits per heavy atom. The summed E-state index contributed by atoms with van der Waals surface area (Å²) >= 11 is 12.1. The number of benzene rings is 1. The number of urea groups is 1. The molecule has 1 aromatic rings. The normalized spacial score (nSPS) is 21.6. The van der Waals surface area contributed by atoms with E-state index in [4.69, 9.17) is 23.2 Å². The van der Waals surface area contributed by atoms with Crippen LogP contribution >= 0.6 is 23.2 Å². The van der Waals surface area contributed by atoms with Gasteiger partial charge < -0.3 is 15.3 Å². The third-order valence-electron chi connectivity index (χ3n) is 4.34. The first-order valence-electron chi connectivity index (χ1n) is 7.12. The second-order valence-electron chi connectivity index (χ2n) is 6.05. The number of hydrogen-bond donors (Lipinski definition) is 2. The monoisotopic (exact) mass is 328 g/mol. The van der Waals surface area contributed by atoms with E-state index in [2.05, 4.69) is 5.32 Å². The number of amides is 2. The van der Waals surface area contributed by atoms with Crippen molar-refractivity contribution in [2.75, 3.05) is 13.1 Å². The van der Waals surface area contributed by atoms with Crippen LogP contribution in [-0.2, 0) is 0 Å². The quantitative estimate of drug-likeness (QED) is 0.895. The summed E-state index contributed by atoms with van der Waals surface area (Å²) in [5.41, 5.74) is 0.129. The van der Waals surface area contributed by atoms with E-state index in [1.807, 2.05) is 19.1 Å². The van der Waals surface area contributed by atoms with Crippen molar-refractivity contribution in [2.24, 2.45) is 5.92 Å². The Bertz CT molecular complexity index is 569. The van der Waals surface area contributed by atoms with Gasteiger partial charge in [0.15, 0.2) is 0 Å². The van der Waals surface area contributed by atoms with Crippen LogP contribution in [0.15, 0.2) is 18.2 Å². The molecule has 2 aliphatic rings. The number of halogens is 2. The lowest BCUT2D eigenvalue weighted by Crippen LogP contribution is -2.66. The minimum absolute atomic E-state index is 0.177.